The van der Waals surface area contributed by atoms with Crippen molar-refractivity contribution >= 4 is 21.8 Å². The minimum atomic E-state index is -0.504. The monoisotopic (exact) mass is 662 g/mol. The molecule has 0 aliphatic carbocycles. The first-order chi connectivity index (χ1) is 24.0. The van der Waals surface area contributed by atoms with Crippen molar-refractivity contribution in [3.05, 3.63) is 97.4 Å². The molecule has 8 heteroatoms. The molecule has 0 saturated carbocycles. The number of rotatable bonds is 9. The predicted molar refractivity (Wildman–Crippen MR) is 195 cm³/mol. The largest absolute Gasteiger partial charge is 0.497 e. The van der Waals surface area contributed by atoms with Crippen LogP contribution in [0.15, 0.2) is 86.2 Å². The fraction of sp³-hybridized carbons (Fsp3) is 0.463. The van der Waals surface area contributed by atoms with Crippen molar-refractivity contribution in [1.82, 2.24) is 19.8 Å². The highest BCUT2D eigenvalue weighted by Gasteiger charge is 2.44. The number of ether oxygens (including phenoxy) is 3. The van der Waals surface area contributed by atoms with Gasteiger partial charge in [-0.3, -0.25) is 19.8 Å². The molecule has 2 aromatic carbocycles. The average molecular weight is 663 g/mol. The summed E-state index contributed by atoms with van der Waals surface area (Å²) < 4.78 is 16.8. The Bertz CT molecular complexity index is 1800. The minimum Gasteiger partial charge on any atom is -0.497 e. The summed E-state index contributed by atoms with van der Waals surface area (Å²) >= 11 is 0. The van der Waals surface area contributed by atoms with Crippen LogP contribution in [0.5, 0.6) is 11.5 Å². The first-order valence-electron chi connectivity index (χ1n) is 17.8. The van der Waals surface area contributed by atoms with Crippen molar-refractivity contribution < 1.29 is 19.3 Å². The summed E-state index contributed by atoms with van der Waals surface area (Å²) in [5.74, 6) is 4.21. The number of benzene rings is 2. The van der Waals surface area contributed by atoms with E-state index in [-0.39, 0.29) is 12.1 Å². The molecule has 0 spiro atoms. The van der Waals surface area contributed by atoms with E-state index in [4.69, 9.17) is 14.2 Å². The first kappa shape index (κ1) is 33.7. The fourth-order valence-electron chi connectivity index (χ4n) is 9.15. The van der Waals surface area contributed by atoms with Crippen LogP contribution in [0, 0.1) is 23.7 Å². The lowest BCUT2D eigenvalue weighted by molar-refractivity contribution is -0.0601. The maximum Gasteiger partial charge on any atom is 0.119 e. The first-order valence-corrected chi connectivity index (χ1v) is 17.8. The Kier molecular flexibility index (Phi) is 10.0. The van der Waals surface area contributed by atoms with Crippen LogP contribution in [-0.2, 0) is 4.74 Å². The summed E-state index contributed by atoms with van der Waals surface area (Å²) in [6.07, 6.45) is 12.1. The zero-order valence-electron chi connectivity index (χ0n) is 29.1. The molecule has 49 heavy (non-hydrogen) atoms. The second-order valence-electron chi connectivity index (χ2n) is 14.2. The van der Waals surface area contributed by atoms with Crippen molar-refractivity contribution in [1.29, 1.82) is 0 Å². The van der Waals surface area contributed by atoms with E-state index in [1.807, 2.05) is 49.7 Å². The van der Waals surface area contributed by atoms with Crippen LogP contribution in [0.1, 0.15) is 49.0 Å². The maximum absolute atomic E-state index is 11.2. The Morgan fingerprint density at radius 3 is 1.71 bits per heavy atom. The van der Waals surface area contributed by atoms with Gasteiger partial charge in [-0.1, -0.05) is 12.2 Å². The summed E-state index contributed by atoms with van der Waals surface area (Å²) in [6.45, 7) is 12.4. The van der Waals surface area contributed by atoms with E-state index < -0.39 is 6.10 Å². The molecular weight excluding hydrogens is 612 g/mol. The molecule has 2 aromatic heterocycles. The summed E-state index contributed by atoms with van der Waals surface area (Å²) in [6, 6.07) is 16.5. The SMILES string of the molecule is C=CC1CN2CCC1CC2[C@@H](O)c1ccnc2ccc(OC)cc12.C=CC1CN2CCC1CC2[C@@H](OC)c1ccnc2ccc(OC)cc12. The average Bonchev–Trinajstić information content (AvgIpc) is 3.17. The molecule has 8 nitrogen and oxygen atoms in total. The molecule has 4 bridgehead atoms. The number of hydrogen-bond acceptors (Lipinski definition) is 8. The third kappa shape index (κ3) is 6.47. The second kappa shape index (κ2) is 14.6. The van der Waals surface area contributed by atoms with Crippen molar-refractivity contribution in [2.24, 2.45) is 23.7 Å². The van der Waals surface area contributed by atoms with Crippen LogP contribution in [-0.4, -0.2) is 84.5 Å². The van der Waals surface area contributed by atoms with Crippen LogP contribution in [0.25, 0.3) is 21.8 Å². The van der Waals surface area contributed by atoms with Crippen molar-refractivity contribution in [2.75, 3.05) is 47.5 Å². The number of hydrogen-bond donors (Lipinski definition) is 1. The second-order valence-corrected chi connectivity index (χ2v) is 14.2. The van der Waals surface area contributed by atoms with Gasteiger partial charge in [0.1, 0.15) is 11.5 Å². The fourth-order valence-corrected chi connectivity index (χ4v) is 9.15. The number of aromatic nitrogens is 2. The highest BCUT2D eigenvalue weighted by Crippen LogP contribution is 2.44. The van der Waals surface area contributed by atoms with Gasteiger partial charge in [-0.15, -0.1) is 13.2 Å². The van der Waals surface area contributed by atoms with E-state index in [0.717, 1.165) is 77.4 Å². The third-order valence-electron chi connectivity index (χ3n) is 11.9. The van der Waals surface area contributed by atoms with Gasteiger partial charge in [0.2, 0.25) is 0 Å². The molecule has 0 amide bonds. The van der Waals surface area contributed by atoms with Gasteiger partial charge in [0.25, 0.3) is 0 Å². The smallest absolute Gasteiger partial charge is 0.119 e. The molecule has 6 fully saturated rings. The number of methoxy groups -OCH3 is 3. The van der Waals surface area contributed by atoms with Crippen molar-refractivity contribution in [3.63, 3.8) is 0 Å². The topological polar surface area (TPSA) is 80.2 Å². The normalized spacial score (nSPS) is 29.9. The Labute approximate surface area is 290 Å². The van der Waals surface area contributed by atoms with E-state index in [0.29, 0.717) is 23.8 Å². The molecule has 6 saturated heterocycles. The molecular formula is C41H50N4O4. The van der Waals surface area contributed by atoms with E-state index in [1.165, 1.54) is 24.8 Å². The van der Waals surface area contributed by atoms with Crippen LogP contribution in [0.2, 0.25) is 0 Å². The number of aliphatic hydroxyl groups is 1. The van der Waals surface area contributed by atoms with Gasteiger partial charge < -0.3 is 19.3 Å². The van der Waals surface area contributed by atoms with Gasteiger partial charge in [0, 0.05) is 55.4 Å². The quantitative estimate of drug-likeness (QED) is 0.192. The lowest BCUT2D eigenvalue weighted by Gasteiger charge is -2.51. The van der Waals surface area contributed by atoms with E-state index in [9.17, 15) is 5.11 Å². The molecule has 1 N–H and O–H groups in total. The summed E-state index contributed by atoms with van der Waals surface area (Å²) in [4.78, 5) is 14.0. The standard InChI is InChI=1S/C21H26N2O2.C20H24N2O2/c1-4-14-13-23-10-8-15(14)11-20(23)21(25-3)17-7-9-22-19-6-5-16(24-2)12-18(17)19;1-3-13-12-22-9-7-14(13)10-19(22)20(23)16-6-8-21-18-5-4-15(24-2)11-17(16)18/h4-7,9,12,14-15,20-21H,1,8,10-11,13H2,2-3H3;3-6,8,11,13-14,19-20,23H,1,7,9-10,12H2,2H3/t14?,15?,20?,21-;13?,14?,19?,20-/m00/s1. The Hall–Kier alpha value is -3.82. The molecule has 6 aliphatic heterocycles. The Balaban J connectivity index is 0.000000154. The van der Waals surface area contributed by atoms with Crippen LogP contribution in [0.4, 0.5) is 0 Å². The lowest BCUT2D eigenvalue weighted by atomic mass is 9.73. The number of nitrogens with zero attached hydrogens (tertiary/aromatic N) is 4. The molecule has 10 atom stereocenters. The highest BCUT2D eigenvalue weighted by molar-refractivity contribution is 5.84. The minimum absolute atomic E-state index is 0.0474. The zero-order chi connectivity index (χ0) is 34.1. The molecule has 0 radical (unpaired) electrons. The molecule has 10 rings (SSSR count). The van der Waals surface area contributed by atoms with Crippen LogP contribution >= 0.6 is 0 Å². The van der Waals surface area contributed by atoms with Crippen molar-refractivity contribution in [2.45, 2.75) is 50.0 Å². The van der Waals surface area contributed by atoms with E-state index in [1.54, 1.807) is 20.4 Å². The molecule has 8 unspecified atom stereocenters. The predicted octanol–water partition coefficient (Wildman–Crippen LogP) is 7.00. The summed E-state index contributed by atoms with van der Waals surface area (Å²) in [5.41, 5.74) is 4.04. The zero-order valence-corrected chi connectivity index (χ0v) is 29.1. The summed E-state index contributed by atoms with van der Waals surface area (Å²) in [5, 5.41) is 13.3. The van der Waals surface area contributed by atoms with Crippen LogP contribution in [0.3, 0.4) is 0 Å². The van der Waals surface area contributed by atoms with Crippen LogP contribution < -0.4 is 9.47 Å². The van der Waals surface area contributed by atoms with E-state index >= 15 is 0 Å². The van der Waals surface area contributed by atoms with Gasteiger partial charge in [-0.25, -0.2) is 0 Å². The van der Waals surface area contributed by atoms with Gasteiger partial charge in [-0.2, -0.15) is 0 Å². The Morgan fingerprint density at radius 1 is 0.735 bits per heavy atom. The third-order valence-corrected chi connectivity index (χ3v) is 11.9. The number of aliphatic hydroxyl groups excluding tert-OH is 1. The highest BCUT2D eigenvalue weighted by atomic mass is 16.5. The number of pyridine rings is 2. The summed E-state index contributed by atoms with van der Waals surface area (Å²) in [7, 11) is 5.19. The van der Waals surface area contributed by atoms with Gasteiger partial charge in [0.15, 0.2) is 0 Å². The number of fused-ring (bicyclic) bond motifs is 8. The molecule has 8 heterocycles. The van der Waals surface area contributed by atoms with Gasteiger partial charge >= 0.3 is 0 Å². The van der Waals surface area contributed by atoms with Gasteiger partial charge in [0.05, 0.1) is 37.5 Å². The lowest BCUT2D eigenvalue weighted by Crippen LogP contribution is -2.55. The molecule has 4 aromatic rings. The Morgan fingerprint density at radius 2 is 1.24 bits per heavy atom. The molecule has 258 valence electrons. The maximum atomic E-state index is 11.2. The van der Waals surface area contributed by atoms with Gasteiger partial charge in [-0.05, 0) is 122 Å². The van der Waals surface area contributed by atoms with Crippen molar-refractivity contribution in [3.8, 4) is 11.5 Å². The van der Waals surface area contributed by atoms with E-state index in [2.05, 4.69) is 57.2 Å². The number of piperidine rings is 6. The molecule has 6 aliphatic rings.